The second-order valence-electron chi connectivity index (χ2n) is 7.27. The summed E-state index contributed by atoms with van der Waals surface area (Å²) >= 11 is 0. The Balaban J connectivity index is 1.52. The van der Waals surface area contributed by atoms with E-state index >= 15 is 0 Å². The number of carbonyl (C=O) groups is 2. The van der Waals surface area contributed by atoms with Crippen LogP contribution in [0.15, 0.2) is 52.0 Å². The topological polar surface area (TPSA) is 101 Å². The quantitative estimate of drug-likeness (QED) is 0.798. The lowest BCUT2D eigenvalue weighted by Gasteiger charge is -2.34. The first-order chi connectivity index (χ1) is 13.5. The van der Waals surface area contributed by atoms with E-state index in [1.807, 2.05) is 18.2 Å². The minimum atomic E-state index is -0.475. The van der Waals surface area contributed by atoms with Crippen molar-refractivity contribution in [1.82, 2.24) is 15.6 Å². The molecule has 148 valence electrons. The molecule has 1 aliphatic rings. The van der Waals surface area contributed by atoms with Crippen LogP contribution in [0.2, 0.25) is 0 Å². The number of rotatable bonds is 6. The van der Waals surface area contributed by atoms with Crippen molar-refractivity contribution in [3.63, 3.8) is 0 Å². The van der Waals surface area contributed by atoms with E-state index in [4.69, 9.17) is 4.42 Å². The molecule has 7 nitrogen and oxygen atoms in total. The molecule has 2 aromatic rings. The molecule has 0 bridgehead atoms. The van der Waals surface area contributed by atoms with Crippen LogP contribution in [0.3, 0.4) is 0 Å². The second kappa shape index (κ2) is 9.30. The molecule has 2 amide bonds. The predicted octanol–water partition coefficient (Wildman–Crippen LogP) is 2.45. The van der Waals surface area contributed by atoms with Crippen molar-refractivity contribution < 1.29 is 14.0 Å². The van der Waals surface area contributed by atoms with Gasteiger partial charge in [0.2, 0.25) is 5.91 Å². The molecule has 2 aromatic heterocycles. The fourth-order valence-corrected chi connectivity index (χ4v) is 3.76. The highest BCUT2D eigenvalue weighted by atomic mass is 16.4. The standard InChI is InChI=1S/C21H25N3O4/c1-14(25)24-20(18-4-2-3-11-22-18)16-7-5-15(6-8-16)12-23-21(27)17-9-10-19(26)28-13-17/h2-4,9-11,13,15-16,20H,5-8,12H2,1H3,(H,23,27)(H,24,25)/t15?,16?,20-/m0/s1. The van der Waals surface area contributed by atoms with E-state index in [2.05, 4.69) is 15.6 Å². The van der Waals surface area contributed by atoms with Gasteiger partial charge in [-0.2, -0.15) is 0 Å². The zero-order chi connectivity index (χ0) is 19.9. The summed E-state index contributed by atoms with van der Waals surface area (Å²) in [5.41, 5.74) is 0.755. The number of hydrogen-bond donors (Lipinski definition) is 2. The van der Waals surface area contributed by atoms with Crippen molar-refractivity contribution in [3.8, 4) is 0 Å². The third kappa shape index (κ3) is 5.28. The van der Waals surface area contributed by atoms with Crippen molar-refractivity contribution in [2.75, 3.05) is 6.54 Å². The fraction of sp³-hybridized carbons (Fsp3) is 0.429. The number of nitrogens with one attached hydrogen (secondary N) is 2. The Morgan fingerprint density at radius 1 is 1.18 bits per heavy atom. The largest absolute Gasteiger partial charge is 0.430 e. The third-order valence-corrected chi connectivity index (χ3v) is 5.24. The maximum absolute atomic E-state index is 12.1. The monoisotopic (exact) mass is 383 g/mol. The molecule has 0 unspecified atom stereocenters. The summed E-state index contributed by atoms with van der Waals surface area (Å²) in [5, 5.41) is 5.96. The number of carbonyl (C=O) groups excluding carboxylic acids is 2. The molecule has 1 aliphatic carbocycles. The van der Waals surface area contributed by atoms with E-state index in [1.54, 1.807) is 6.20 Å². The average Bonchev–Trinajstić information content (AvgIpc) is 2.72. The highest BCUT2D eigenvalue weighted by Crippen LogP contribution is 2.36. The lowest BCUT2D eigenvalue weighted by molar-refractivity contribution is -0.120. The van der Waals surface area contributed by atoms with E-state index in [9.17, 15) is 14.4 Å². The van der Waals surface area contributed by atoms with Crippen LogP contribution < -0.4 is 16.3 Å². The van der Waals surface area contributed by atoms with Gasteiger partial charge in [0.05, 0.1) is 17.3 Å². The van der Waals surface area contributed by atoms with Crippen LogP contribution in [-0.4, -0.2) is 23.3 Å². The summed E-state index contributed by atoms with van der Waals surface area (Å²) in [4.78, 5) is 39.2. The van der Waals surface area contributed by atoms with Crippen LogP contribution in [0.5, 0.6) is 0 Å². The minimum Gasteiger partial charge on any atom is -0.430 e. The van der Waals surface area contributed by atoms with Gasteiger partial charge in [-0.3, -0.25) is 14.6 Å². The SMILES string of the molecule is CC(=O)N[C@H](c1ccccn1)C1CCC(CNC(=O)c2ccc(=O)oc2)CC1. The Morgan fingerprint density at radius 3 is 2.57 bits per heavy atom. The molecule has 0 spiro atoms. The molecule has 1 fully saturated rings. The maximum Gasteiger partial charge on any atom is 0.335 e. The van der Waals surface area contributed by atoms with E-state index in [1.165, 1.54) is 25.3 Å². The van der Waals surface area contributed by atoms with Gasteiger partial charge >= 0.3 is 5.63 Å². The molecule has 0 saturated heterocycles. The van der Waals surface area contributed by atoms with Crippen molar-refractivity contribution in [2.45, 2.75) is 38.6 Å². The van der Waals surface area contributed by atoms with E-state index in [0.29, 0.717) is 23.9 Å². The molecule has 7 heteroatoms. The molecule has 0 aromatic carbocycles. The van der Waals surface area contributed by atoms with Crippen LogP contribution in [0, 0.1) is 11.8 Å². The zero-order valence-corrected chi connectivity index (χ0v) is 15.9. The molecule has 3 rings (SSSR count). The summed E-state index contributed by atoms with van der Waals surface area (Å²) in [5.74, 6) is 0.418. The number of amides is 2. The number of aromatic nitrogens is 1. The van der Waals surface area contributed by atoms with Gasteiger partial charge in [-0.25, -0.2) is 4.79 Å². The van der Waals surface area contributed by atoms with Crippen LogP contribution in [0.25, 0.3) is 0 Å². The van der Waals surface area contributed by atoms with Gasteiger partial charge in [0, 0.05) is 25.7 Å². The first kappa shape index (κ1) is 19.8. The molecule has 2 heterocycles. The average molecular weight is 383 g/mol. The molecular weight excluding hydrogens is 358 g/mol. The van der Waals surface area contributed by atoms with Crippen molar-refractivity contribution in [3.05, 3.63) is 64.5 Å². The lowest BCUT2D eigenvalue weighted by Crippen LogP contribution is -2.36. The number of pyridine rings is 1. The van der Waals surface area contributed by atoms with Gasteiger partial charge in [0.15, 0.2) is 0 Å². The highest BCUT2D eigenvalue weighted by Gasteiger charge is 2.30. The Labute approximate surface area is 163 Å². The van der Waals surface area contributed by atoms with Crippen LogP contribution in [0.1, 0.15) is 54.7 Å². The van der Waals surface area contributed by atoms with Crippen LogP contribution >= 0.6 is 0 Å². The Hall–Kier alpha value is -2.96. The van der Waals surface area contributed by atoms with E-state index in [0.717, 1.165) is 31.4 Å². The first-order valence-corrected chi connectivity index (χ1v) is 9.58. The Morgan fingerprint density at radius 2 is 1.96 bits per heavy atom. The predicted molar refractivity (Wildman–Crippen MR) is 104 cm³/mol. The minimum absolute atomic E-state index is 0.0560. The van der Waals surface area contributed by atoms with E-state index < -0.39 is 5.63 Å². The third-order valence-electron chi connectivity index (χ3n) is 5.24. The van der Waals surface area contributed by atoms with Gasteiger partial charge in [-0.05, 0) is 55.7 Å². The number of nitrogens with zero attached hydrogens (tertiary/aromatic N) is 1. The fourth-order valence-electron chi connectivity index (χ4n) is 3.76. The Kier molecular flexibility index (Phi) is 6.57. The van der Waals surface area contributed by atoms with Gasteiger partial charge in [0.25, 0.3) is 5.91 Å². The Bertz CT molecular complexity index is 837. The van der Waals surface area contributed by atoms with Crippen molar-refractivity contribution in [1.29, 1.82) is 0 Å². The smallest absolute Gasteiger partial charge is 0.335 e. The van der Waals surface area contributed by atoms with Crippen LogP contribution in [-0.2, 0) is 4.79 Å². The molecule has 28 heavy (non-hydrogen) atoms. The van der Waals surface area contributed by atoms with E-state index in [-0.39, 0.29) is 17.9 Å². The van der Waals surface area contributed by atoms with Gasteiger partial charge in [-0.15, -0.1) is 0 Å². The lowest BCUT2D eigenvalue weighted by atomic mass is 9.77. The molecule has 2 N–H and O–H groups in total. The normalized spacial score (nSPS) is 20.2. The van der Waals surface area contributed by atoms with Crippen LogP contribution in [0.4, 0.5) is 0 Å². The summed E-state index contributed by atoms with van der Waals surface area (Å²) < 4.78 is 4.73. The maximum atomic E-state index is 12.1. The summed E-state index contributed by atoms with van der Waals surface area (Å²) in [6.45, 7) is 2.11. The molecule has 0 radical (unpaired) electrons. The van der Waals surface area contributed by atoms with Gasteiger partial charge in [-0.1, -0.05) is 6.07 Å². The number of hydrogen-bond acceptors (Lipinski definition) is 5. The van der Waals surface area contributed by atoms with Crippen molar-refractivity contribution >= 4 is 11.8 Å². The summed E-state index contributed by atoms with van der Waals surface area (Å²) in [6, 6.07) is 8.37. The molecular formula is C21H25N3O4. The summed E-state index contributed by atoms with van der Waals surface area (Å²) in [6.07, 6.45) is 6.79. The molecule has 0 aliphatic heterocycles. The molecule has 1 saturated carbocycles. The highest BCUT2D eigenvalue weighted by molar-refractivity contribution is 5.93. The van der Waals surface area contributed by atoms with Crippen molar-refractivity contribution in [2.24, 2.45) is 11.8 Å². The van der Waals surface area contributed by atoms with Gasteiger partial charge < -0.3 is 15.1 Å². The second-order valence-corrected chi connectivity index (χ2v) is 7.27. The summed E-state index contributed by atoms with van der Waals surface area (Å²) in [7, 11) is 0. The molecule has 1 atom stereocenters. The first-order valence-electron chi connectivity index (χ1n) is 9.58. The van der Waals surface area contributed by atoms with Gasteiger partial charge in [0.1, 0.15) is 6.26 Å². The zero-order valence-electron chi connectivity index (χ0n) is 15.9.